The van der Waals surface area contributed by atoms with E-state index in [2.05, 4.69) is 10.1 Å². The summed E-state index contributed by atoms with van der Waals surface area (Å²) in [6.45, 7) is 6.02. The van der Waals surface area contributed by atoms with Crippen molar-refractivity contribution in [3.63, 3.8) is 0 Å². The van der Waals surface area contributed by atoms with Crippen molar-refractivity contribution < 1.29 is 5.11 Å². The van der Waals surface area contributed by atoms with Crippen LogP contribution in [0.1, 0.15) is 20.8 Å². The first-order valence-corrected chi connectivity index (χ1v) is 7.72. The second-order valence-corrected chi connectivity index (χ2v) is 6.58. The molecule has 6 heteroatoms. The van der Waals surface area contributed by atoms with E-state index in [1.807, 2.05) is 33.3 Å². The molecule has 1 atom stereocenters. The molecule has 0 bridgehead atoms. The minimum Gasteiger partial charge on any atom is -0.386 e. The summed E-state index contributed by atoms with van der Waals surface area (Å²) < 4.78 is 2.70. The van der Waals surface area contributed by atoms with E-state index >= 15 is 0 Å². The fourth-order valence-corrected chi connectivity index (χ4v) is 2.86. The van der Waals surface area contributed by atoms with E-state index in [0.717, 1.165) is 9.93 Å². The van der Waals surface area contributed by atoms with Crippen LogP contribution in [0.25, 0.3) is 5.70 Å². The third-order valence-electron chi connectivity index (χ3n) is 2.32. The first-order valence-electron chi connectivity index (χ1n) is 5.27. The van der Waals surface area contributed by atoms with Crippen LogP contribution in [0.15, 0.2) is 16.9 Å². The molecule has 0 saturated carbocycles. The molecule has 1 aromatic rings. The molecule has 1 unspecified atom stereocenters. The molecule has 1 heterocycles. The summed E-state index contributed by atoms with van der Waals surface area (Å²) >= 11 is 3.23. The van der Waals surface area contributed by atoms with E-state index in [4.69, 9.17) is 0 Å². The summed E-state index contributed by atoms with van der Waals surface area (Å²) in [5, 5.41) is 14.6. The number of aliphatic hydroxyl groups is 1. The molecule has 1 N–H and O–H groups in total. The van der Waals surface area contributed by atoms with Crippen LogP contribution in [-0.2, 0) is 0 Å². The van der Waals surface area contributed by atoms with Gasteiger partial charge < -0.3 is 5.11 Å². The molecular weight excluding hydrogens is 254 g/mol. The molecule has 0 aliphatic carbocycles. The molecule has 0 aliphatic rings. The fourth-order valence-electron chi connectivity index (χ4n) is 1.37. The molecule has 0 aliphatic heterocycles. The Morgan fingerprint density at radius 1 is 1.29 bits per heavy atom. The molecule has 0 spiro atoms. The van der Waals surface area contributed by atoms with Gasteiger partial charge in [-0.3, -0.25) is 0 Å². The van der Waals surface area contributed by atoms with Crippen LogP contribution in [0.4, 0.5) is 0 Å². The fraction of sp³-hybridized carbons (Fsp3) is 0.636. The Labute approximate surface area is 111 Å². The molecule has 0 saturated heterocycles. The summed E-state index contributed by atoms with van der Waals surface area (Å²) in [6.07, 6.45) is 6.51. The largest absolute Gasteiger partial charge is 0.386 e. The van der Waals surface area contributed by atoms with Gasteiger partial charge >= 0.3 is 0 Å². The topological polar surface area (TPSA) is 50.9 Å². The van der Waals surface area contributed by atoms with Crippen molar-refractivity contribution in [1.82, 2.24) is 14.8 Å². The molecule has 0 fully saturated rings. The van der Waals surface area contributed by atoms with Gasteiger partial charge in [-0.15, -0.1) is 23.5 Å². The van der Waals surface area contributed by atoms with E-state index in [1.165, 1.54) is 6.33 Å². The smallest absolute Gasteiger partial charge is 0.138 e. The maximum absolute atomic E-state index is 10.5. The summed E-state index contributed by atoms with van der Waals surface area (Å²) in [7, 11) is 0. The number of nitrogens with zero attached hydrogens (tertiary/aromatic N) is 3. The molecule has 1 rings (SSSR count). The maximum atomic E-state index is 10.5. The van der Waals surface area contributed by atoms with Crippen LogP contribution in [0.5, 0.6) is 0 Å². The van der Waals surface area contributed by atoms with Gasteiger partial charge in [0.05, 0.1) is 9.93 Å². The standard InChI is InChI=1S/C11H19N3OS2/c1-11(2,3)9(15)8(10(16-4)17-5)14-7-12-6-13-14/h6-7,9,15H,1-5H3. The van der Waals surface area contributed by atoms with Gasteiger partial charge in [-0.1, -0.05) is 20.8 Å². The Morgan fingerprint density at radius 3 is 2.24 bits per heavy atom. The van der Waals surface area contributed by atoms with E-state index in [9.17, 15) is 5.11 Å². The van der Waals surface area contributed by atoms with E-state index < -0.39 is 6.10 Å². The highest BCUT2D eigenvalue weighted by Gasteiger charge is 2.29. The molecule has 0 radical (unpaired) electrons. The number of hydrogen-bond donors (Lipinski definition) is 1. The van der Waals surface area contributed by atoms with Gasteiger partial charge in [0.1, 0.15) is 18.8 Å². The predicted molar refractivity (Wildman–Crippen MR) is 75.7 cm³/mol. The highest BCUT2D eigenvalue weighted by atomic mass is 32.2. The Morgan fingerprint density at radius 2 is 1.88 bits per heavy atom. The SMILES string of the molecule is CSC(SC)=C(C(O)C(C)(C)C)n1cncn1. The zero-order valence-corrected chi connectivity index (χ0v) is 12.5. The van der Waals surface area contributed by atoms with Crippen molar-refractivity contribution in [2.75, 3.05) is 12.5 Å². The van der Waals surface area contributed by atoms with Gasteiger partial charge in [-0.25, -0.2) is 9.67 Å². The first kappa shape index (κ1) is 14.6. The lowest BCUT2D eigenvalue weighted by atomic mass is 9.87. The molecular formula is C11H19N3OS2. The first-order chi connectivity index (χ1) is 7.91. The van der Waals surface area contributed by atoms with Gasteiger partial charge in [0.2, 0.25) is 0 Å². The van der Waals surface area contributed by atoms with Crippen molar-refractivity contribution in [2.24, 2.45) is 5.41 Å². The number of thioether (sulfide) groups is 2. The van der Waals surface area contributed by atoms with Gasteiger partial charge in [-0.2, -0.15) is 5.10 Å². The Hall–Kier alpha value is -0.460. The van der Waals surface area contributed by atoms with Crippen LogP contribution in [-0.4, -0.2) is 38.5 Å². The Bertz CT molecular complexity index is 376. The van der Waals surface area contributed by atoms with Crippen LogP contribution >= 0.6 is 23.5 Å². The van der Waals surface area contributed by atoms with E-state index in [0.29, 0.717) is 0 Å². The third kappa shape index (κ3) is 3.50. The molecule has 0 aromatic carbocycles. The van der Waals surface area contributed by atoms with Crippen LogP contribution in [0, 0.1) is 5.41 Å². The summed E-state index contributed by atoms with van der Waals surface area (Å²) in [5.41, 5.74) is 0.563. The monoisotopic (exact) mass is 273 g/mol. The Balaban J connectivity index is 3.26. The molecule has 0 amide bonds. The highest BCUT2D eigenvalue weighted by Crippen LogP contribution is 2.36. The number of aromatic nitrogens is 3. The summed E-state index contributed by atoms with van der Waals surface area (Å²) in [6, 6.07) is 0. The second-order valence-electron chi connectivity index (χ2n) is 4.69. The van der Waals surface area contributed by atoms with Gasteiger partial charge in [0, 0.05) is 0 Å². The molecule has 96 valence electrons. The number of hydrogen-bond acceptors (Lipinski definition) is 5. The molecule has 4 nitrogen and oxygen atoms in total. The number of aliphatic hydroxyl groups excluding tert-OH is 1. The highest BCUT2D eigenvalue weighted by molar-refractivity contribution is 8.21. The predicted octanol–water partition coefficient (Wildman–Crippen LogP) is 2.54. The number of rotatable bonds is 4. The van der Waals surface area contributed by atoms with Gasteiger partial charge in [0.15, 0.2) is 0 Å². The van der Waals surface area contributed by atoms with Crippen LogP contribution < -0.4 is 0 Å². The average Bonchev–Trinajstić information content (AvgIpc) is 2.76. The van der Waals surface area contributed by atoms with E-state index in [1.54, 1.807) is 34.5 Å². The summed E-state index contributed by atoms with van der Waals surface area (Å²) in [4.78, 5) is 3.95. The van der Waals surface area contributed by atoms with Crippen molar-refractivity contribution in [3.05, 3.63) is 16.9 Å². The van der Waals surface area contributed by atoms with Crippen molar-refractivity contribution >= 4 is 29.2 Å². The van der Waals surface area contributed by atoms with Crippen molar-refractivity contribution in [1.29, 1.82) is 0 Å². The lowest BCUT2D eigenvalue weighted by molar-refractivity contribution is 0.108. The average molecular weight is 273 g/mol. The minimum absolute atomic E-state index is 0.238. The lowest BCUT2D eigenvalue weighted by Crippen LogP contribution is -2.30. The van der Waals surface area contributed by atoms with Crippen molar-refractivity contribution in [3.8, 4) is 0 Å². The molecule has 17 heavy (non-hydrogen) atoms. The quantitative estimate of drug-likeness (QED) is 0.913. The maximum Gasteiger partial charge on any atom is 0.138 e. The zero-order valence-electron chi connectivity index (χ0n) is 10.8. The van der Waals surface area contributed by atoms with Crippen molar-refractivity contribution in [2.45, 2.75) is 26.9 Å². The minimum atomic E-state index is -0.584. The van der Waals surface area contributed by atoms with Crippen LogP contribution in [0.3, 0.4) is 0 Å². The Kier molecular flexibility index (Phi) is 5.09. The van der Waals surface area contributed by atoms with Gasteiger partial charge in [0.25, 0.3) is 0 Å². The van der Waals surface area contributed by atoms with Gasteiger partial charge in [-0.05, 0) is 17.9 Å². The molecule has 1 aromatic heterocycles. The summed E-state index contributed by atoms with van der Waals surface area (Å²) in [5.74, 6) is 0. The van der Waals surface area contributed by atoms with Crippen LogP contribution in [0.2, 0.25) is 0 Å². The normalized spacial score (nSPS) is 13.5. The zero-order chi connectivity index (χ0) is 13.1. The van der Waals surface area contributed by atoms with E-state index in [-0.39, 0.29) is 5.41 Å². The third-order valence-corrected chi connectivity index (χ3v) is 4.48. The second kappa shape index (κ2) is 5.93. The lowest BCUT2D eigenvalue weighted by Gasteiger charge is -2.29.